The van der Waals surface area contributed by atoms with Gasteiger partial charge in [0.15, 0.2) is 0 Å². The molecule has 1 unspecified atom stereocenters. The van der Waals surface area contributed by atoms with Crippen LogP contribution < -0.4 is 15.0 Å². The fourth-order valence-electron chi connectivity index (χ4n) is 2.30. The number of hydrogen-bond acceptors (Lipinski definition) is 3. The molecule has 1 aliphatic heterocycles. The number of piperazine rings is 1. The van der Waals surface area contributed by atoms with E-state index in [0.29, 0.717) is 12.0 Å². The molecule has 1 fully saturated rings. The summed E-state index contributed by atoms with van der Waals surface area (Å²) in [5, 5.41) is 3.58. The van der Waals surface area contributed by atoms with Crippen molar-refractivity contribution in [2.24, 2.45) is 5.92 Å². The first-order valence-corrected chi connectivity index (χ1v) is 7.23. The predicted octanol–water partition coefficient (Wildman–Crippen LogP) is 2.89. The van der Waals surface area contributed by atoms with Crippen LogP contribution in [-0.4, -0.2) is 32.8 Å². The van der Waals surface area contributed by atoms with Crippen LogP contribution in [0.2, 0.25) is 0 Å². The van der Waals surface area contributed by atoms with Crippen LogP contribution in [0, 0.1) is 5.92 Å². The maximum Gasteiger partial charge on any atom is 0.135 e. The lowest BCUT2D eigenvalue weighted by Gasteiger charge is -2.37. The molecule has 1 aromatic carbocycles. The molecule has 3 nitrogen and oxygen atoms in total. The van der Waals surface area contributed by atoms with Crippen molar-refractivity contribution in [3.05, 3.63) is 22.7 Å². The number of ether oxygens (including phenoxy) is 1. The first-order chi connectivity index (χ1) is 8.61. The fraction of sp³-hybridized carbons (Fsp3) is 0.571. The van der Waals surface area contributed by atoms with E-state index in [9.17, 15) is 0 Å². The van der Waals surface area contributed by atoms with E-state index < -0.39 is 0 Å². The highest BCUT2D eigenvalue weighted by molar-refractivity contribution is 9.10. The predicted molar refractivity (Wildman–Crippen MR) is 79.5 cm³/mol. The van der Waals surface area contributed by atoms with Crippen molar-refractivity contribution < 1.29 is 4.74 Å². The summed E-state index contributed by atoms with van der Waals surface area (Å²) < 4.78 is 6.37. The van der Waals surface area contributed by atoms with Gasteiger partial charge in [0.05, 0.1) is 11.6 Å². The Morgan fingerprint density at radius 1 is 1.44 bits per heavy atom. The van der Waals surface area contributed by atoms with Crippen molar-refractivity contribution >= 4 is 21.6 Å². The Balaban J connectivity index is 2.15. The Labute approximate surface area is 118 Å². The second-order valence-corrected chi connectivity index (χ2v) is 5.92. The lowest BCUT2D eigenvalue weighted by Crippen LogP contribution is -2.52. The zero-order chi connectivity index (χ0) is 13.1. The lowest BCUT2D eigenvalue weighted by atomic mass is 10.0. The minimum absolute atomic E-state index is 0.563. The molecule has 4 heteroatoms. The Morgan fingerprint density at radius 2 is 2.22 bits per heavy atom. The van der Waals surface area contributed by atoms with Crippen molar-refractivity contribution in [2.75, 3.05) is 31.6 Å². The summed E-state index contributed by atoms with van der Waals surface area (Å²) in [7, 11) is 1.71. The molecule has 1 atom stereocenters. The van der Waals surface area contributed by atoms with E-state index in [4.69, 9.17) is 4.74 Å². The average Bonchev–Trinajstić information content (AvgIpc) is 2.39. The molecule has 100 valence electrons. The van der Waals surface area contributed by atoms with Gasteiger partial charge in [-0.15, -0.1) is 0 Å². The number of rotatable bonds is 3. The van der Waals surface area contributed by atoms with E-state index in [0.717, 1.165) is 29.9 Å². The summed E-state index contributed by atoms with van der Waals surface area (Å²) >= 11 is 3.49. The molecule has 1 N–H and O–H groups in total. The topological polar surface area (TPSA) is 24.5 Å². The van der Waals surface area contributed by atoms with Crippen LogP contribution in [0.3, 0.4) is 0 Å². The van der Waals surface area contributed by atoms with Crippen LogP contribution in [0.15, 0.2) is 22.7 Å². The molecule has 1 heterocycles. The van der Waals surface area contributed by atoms with Gasteiger partial charge in [0.1, 0.15) is 5.75 Å². The van der Waals surface area contributed by atoms with Gasteiger partial charge in [0.25, 0.3) is 0 Å². The van der Waals surface area contributed by atoms with Gasteiger partial charge < -0.3 is 15.0 Å². The third-order valence-electron chi connectivity index (χ3n) is 3.51. The molecule has 2 rings (SSSR count). The maximum atomic E-state index is 5.36. The van der Waals surface area contributed by atoms with E-state index in [1.54, 1.807) is 7.11 Å². The second kappa shape index (κ2) is 5.93. The number of hydrogen-bond donors (Lipinski definition) is 1. The molecule has 1 aliphatic rings. The van der Waals surface area contributed by atoms with Crippen LogP contribution in [0.1, 0.15) is 13.8 Å². The van der Waals surface area contributed by atoms with E-state index in [1.807, 2.05) is 0 Å². The zero-order valence-electron chi connectivity index (χ0n) is 11.2. The summed E-state index contributed by atoms with van der Waals surface area (Å²) in [4.78, 5) is 2.43. The number of methoxy groups -OCH3 is 1. The standard InChI is InChI=1S/C14H21BrN2O/c1-10(2)13-9-17(7-6-16-13)11-4-5-12(15)14(8-11)18-3/h4-5,8,10,13,16H,6-7,9H2,1-3H3. The zero-order valence-corrected chi connectivity index (χ0v) is 12.8. The lowest BCUT2D eigenvalue weighted by molar-refractivity contribution is 0.368. The Hall–Kier alpha value is -0.740. The summed E-state index contributed by atoms with van der Waals surface area (Å²) in [5.41, 5.74) is 1.24. The molecule has 1 aromatic rings. The third kappa shape index (κ3) is 2.98. The van der Waals surface area contributed by atoms with Gasteiger partial charge in [0.2, 0.25) is 0 Å². The van der Waals surface area contributed by atoms with Gasteiger partial charge >= 0.3 is 0 Å². The monoisotopic (exact) mass is 312 g/mol. The molecule has 0 aromatic heterocycles. The molecule has 0 bridgehead atoms. The van der Waals surface area contributed by atoms with Gasteiger partial charge in [-0.3, -0.25) is 0 Å². The average molecular weight is 313 g/mol. The fourth-order valence-corrected chi connectivity index (χ4v) is 2.71. The van der Waals surface area contributed by atoms with Crippen LogP contribution in [-0.2, 0) is 0 Å². The molecule has 0 radical (unpaired) electrons. The molecule has 18 heavy (non-hydrogen) atoms. The van der Waals surface area contributed by atoms with Crippen LogP contribution in [0.4, 0.5) is 5.69 Å². The smallest absolute Gasteiger partial charge is 0.135 e. The molecular formula is C14H21BrN2O. The normalized spacial score (nSPS) is 20.3. The molecule has 0 spiro atoms. The highest BCUT2D eigenvalue weighted by Gasteiger charge is 2.22. The number of nitrogens with one attached hydrogen (secondary N) is 1. The maximum absolute atomic E-state index is 5.36. The van der Waals surface area contributed by atoms with Crippen molar-refractivity contribution in [1.82, 2.24) is 5.32 Å². The number of halogens is 1. The van der Waals surface area contributed by atoms with Crippen molar-refractivity contribution in [3.8, 4) is 5.75 Å². The van der Waals surface area contributed by atoms with Gasteiger partial charge in [-0.2, -0.15) is 0 Å². The van der Waals surface area contributed by atoms with Gasteiger partial charge in [-0.25, -0.2) is 0 Å². The molecule has 0 amide bonds. The Kier molecular flexibility index (Phi) is 4.51. The minimum Gasteiger partial charge on any atom is -0.495 e. The van der Waals surface area contributed by atoms with Crippen LogP contribution in [0.25, 0.3) is 0 Å². The minimum atomic E-state index is 0.563. The van der Waals surface area contributed by atoms with E-state index in [-0.39, 0.29) is 0 Å². The summed E-state index contributed by atoms with van der Waals surface area (Å²) in [6.07, 6.45) is 0. The first-order valence-electron chi connectivity index (χ1n) is 6.43. The molecule has 0 saturated carbocycles. The third-order valence-corrected chi connectivity index (χ3v) is 4.17. The quantitative estimate of drug-likeness (QED) is 0.929. The largest absolute Gasteiger partial charge is 0.495 e. The summed E-state index contributed by atoms with van der Waals surface area (Å²) in [6, 6.07) is 6.87. The van der Waals surface area contributed by atoms with Gasteiger partial charge in [-0.1, -0.05) is 13.8 Å². The SMILES string of the molecule is COc1cc(N2CCNC(C(C)C)C2)ccc1Br. The molecule has 1 saturated heterocycles. The van der Waals surface area contributed by atoms with Crippen molar-refractivity contribution in [2.45, 2.75) is 19.9 Å². The van der Waals surface area contributed by atoms with E-state index >= 15 is 0 Å². The second-order valence-electron chi connectivity index (χ2n) is 5.07. The van der Waals surface area contributed by atoms with Crippen molar-refractivity contribution in [1.29, 1.82) is 0 Å². The van der Waals surface area contributed by atoms with Crippen LogP contribution >= 0.6 is 15.9 Å². The number of anilines is 1. The highest BCUT2D eigenvalue weighted by Crippen LogP contribution is 2.30. The van der Waals surface area contributed by atoms with Gasteiger partial charge in [0, 0.05) is 37.4 Å². The Bertz CT molecular complexity index is 409. The first kappa shape index (κ1) is 13.7. The van der Waals surface area contributed by atoms with E-state index in [1.165, 1.54) is 5.69 Å². The number of nitrogens with zero attached hydrogens (tertiary/aromatic N) is 1. The summed E-state index contributed by atoms with van der Waals surface area (Å²) in [5.74, 6) is 1.55. The highest BCUT2D eigenvalue weighted by atomic mass is 79.9. The molecule has 0 aliphatic carbocycles. The van der Waals surface area contributed by atoms with Crippen LogP contribution in [0.5, 0.6) is 5.75 Å². The Morgan fingerprint density at radius 3 is 2.89 bits per heavy atom. The van der Waals surface area contributed by atoms with Gasteiger partial charge in [-0.05, 0) is 34.0 Å². The summed E-state index contributed by atoms with van der Waals surface area (Å²) in [6.45, 7) is 7.68. The van der Waals surface area contributed by atoms with E-state index in [2.05, 4.69) is 58.2 Å². The number of benzene rings is 1. The van der Waals surface area contributed by atoms with Crippen molar-refractivity contribution in [3.63, 3.8) is 0 Å². The molecular weight excluding hydrogens is 292 g/mol.